The first kappa shape index (κ1) is 22.8. The van der Waals surface area contributed by atoms with Gasteiger partial charge in [-0.25, -0.2) is 4.98 Å². The zero-order valence-corrected chi connectivity index (χ0v) is 20.0. The first-order valence-electron chi connectivity index (χ1n) is 12.3. The van der Waals surface area contributed by atoms with Crippen molar-refractivity contribution < 1.29 is 14.2 Å². The van der Waals surface area contributed by atoms with E-state index in [-0.39, 0.29) is 6.10 Å². The van der Waals surface area contributed by atoms with Crippen LogP contribution >= 0.6 is 0 Å². The fraction of sp³-hybridized carbons (Fsp3) is 0.538. The van der Waals surface area contributed by atoms with Gasteiger partial charge in [0.15, 0.2) is 0 Å². The molecule has 0 bridgehead atoms. The molecule has 8 heteroatoms. The molecule has 5 rings (SSSR count). The fourth-order valence-electron chi connectivity index (χ4n) is 5.41. The molecule has 0 saturated carbocycles. The lowest BCUT2D eigenvalue weighted by molar-refractivity contribution is 0.137. The van der Waals surface area contributed by atoms with Gasteiger partial charge in [0.2, 0.25) is 5.88 Å². The lowest BCUT2D eigenvalue weighted by Crippen LogP contribution is -2.42. The second-order valence-corrected chi connectivity index (χ2v) is 9.34. The van der Waals surface area contributed by atoms with Gasteiger partial charge in [-0.15, -0.1) is 0 Å². The highest BCUT2D eigenvalue weighted by Gasteiger charge is 2.32. The van der Waals surface area contributed by atoms with E-state index in [1.165, 1.54) is 20.0 Å². The summed E-state index contributed by atoms with van der Waals surface area (Å²) in [5, 5.41) is 12.9. The standard InChI is InChI=1S/C26H33N5O3/c1-18(19-5-8-28-9-6-19)30-10-7-23(17-30)34-22-3-4-25-24(14-22)31(11-12-33-25)21-13-20(15-27)26(32-2)29-16-21/h3-4,13-14,16,18-19,23,28H,5-12,17H2,1-2H3. The minimum Gasteiger partial charge on any atom is -0.490 e. The highest BCUT2D eigenvalue weighted by Crippen LogP contribution is 2.40. The van der Waals surface area contributed by atoms with Crippen LogP contribution in [0.25, 0.3) is 0 Å². The van der Waals surface area contributed by atoms with Gasteiger partial charge in [0.05, 0.1) is 31.2 Å². The molecule has 2 unspecified atom stereocenters. The zero-order chi connectivity index (χ0) is 23.5. The van der Waals surface area contributed by atoms with Crippen LogP contribution in [-0.2, 0) is 0 Å². The van der Waals surface area contributed by atoms with Crippen molar-refractivity contribution in [3.05, 3.63) is 36.0 Å². The third-order valence-corrected chi connectivity index (χ3v) is 7.38. The predicted molar refractivity (Wildman–Crippen MR) is 130 cm³/mol. The van der Waals surface area contributed by atoms with Crippen molar-refractivity contribution in [3.8, 4) is 23.4 Å². The summed E-state index contributed by atoms with van der Waals surface area (Å²) >= 11 is 0. The van der Waals surface area contributed by atoms with E-state index in [0.717, 1.165) is 61.4 Å². The van der Waals surface area contributed by atoms with Gasteiger partial charge >= 0.3 is 0 Å². The van der Waals surface area contributed by atoms with Gasteiger partial charge in [0.25, 0.3) is 0 Å². The Morgan fingerprint density at radius 1 is 1.21 bits per heavy atom. The Balaban J connectivity index is 1.30. The van der Waals surface area contributed by atoms with Crippen molar-refractivity contribution in [2.24, 2.45) is 5.92 Å². The molecule has 1 N–H and O–H groups in total. The maximum absolute atomic E-state index is 9.47. The molecule has 180 valence electrons. The Morgan fingerprint density at radius 3 is 2.85 bits per heavy atom. The van der Waals surface area contributed by atoms with Gasteiger partial charge < -0.3 is 24.4 Å². The summed E-state index contributed by atoms with van der Waals surface area (Å²) in [5.74, 6) is 2.75. The van der Waals surface area contributed by atoms with E-state index in [0.29, 0.717) is 30.6 Å². The Labute approximate surface area is 201 Å². The summed E-state index contributed by atoms with van der Waals surface area (Å²) in [5.41, 5.74) is 2.17. The summed E-state index contributed by atoms with van der Waals surface area (Å²) < 4.78 is 17.5. The molecule has 0 radical (unpaired) electrons. The first-order valence-corrected chi connectivity index (χ1v) is 12.3. The first-order chi connectivity index (χ1) is 16.7. The van der Waals surface area contributed by atoms with Gasteiger partial charge in [-0.1, -0.05) is 0 Å². The van der Waals surface area contributed by atoms with Gasteiger partial charge in [-0.05, 0) is 63.4 Å². The van der Waals surface area contributed by atoms with E-state index in [2.05, 4.69) is 33.1 Å². The normalized spacial score (nSPS) is 21.9. The van der Waals surface area contributed by atoms with Crippen LogP contribution < -0.4 is 24.4 Å². The van der Waals surface area contributed by atoms with Crippen LogP contribution in [0.1, 0.15) is 31.7 Å². The SMILES string of the molecule is COc1ncc(N2CCOc3ccc(OC4CCN(C(C)C5CCNCC5)C4)cc32)cc1C#N. The molecular formula is C26H33N5O3. The minimum absolute atomic E-state index is 0.188. The molecule has 0 amide bonds. The van der Waals surface area contributed by atoms with E-state index in [9.17, 15) is 5.26 Å². The lowest BCUT2D eigenvalue weighted by atomic mass is 9.90. The molecule has 8 nitrogen and oxygen atoms in total. The van der Waals surface area contributed by atoms with Crippen LogP contribution in [0.3, 0.4) is 0 Å². The van der Waals surface area contributed by atoms with Crippen LogP contribution in [0.4, 0.5) is 11.4 Å². The van der Waals surface area contributed by atoms with Crippen molar-refractivity contribution in [1.29, 1.82) is 5.26 Å². The largest absolute Gasteiger partial charge is 0.490 e. The minimum atomic E-state index is 0.188. The number of hydrogen-bond acceptors (Lipinski definition) is 8. The molecule has 0 aliphatic carbocycles. The van der Waals surface area contributed by atoms with Gasteiger partial charge in [-0.3, -0.25) is 4.90 Å². The van der Waals surface area contributed by atoms with Crippen LogP contribution in [-0.4, -0.2) is 68.5 Å². The number of pyridine rings is 1. The second-order valence-electron chi connectivity index (χ2n) is 9.34. The third-order valence-electron chi connectivity index (χ3n) is 7.38. The highest BCUT2D eigenvalue weighted by atomic mass is 16.5. The smallest absolute Gasteiger partial charge is 0.231 e. The number of nitrogens with zero attached hydrogens (tertiary/aromatic N) is 4. The Hall–Kier alpha value is -3.02. The Morgan fingerprint density at radius 2 is 2.06 bits per heavy atom. The molecule has 2 atom stereocenters. The number of aromatic nitrogens is 1. The van der Waals surface area contributed by atoms with Crippen molar-refractivity contribution in [2.75, 3.05) is 51.3 Å². The van der Waals surface area contributed by atoms with Crippen LogP contribution in [0.5, 0.6) is 17.4 Å². The zero-order valence-electron chi connectivity index (χ0n) is 20.0. The lowest BCUT2D eigenvalue weighted by Gasteiger charge is -2.34. The van der Waals surface area contributed by atoms with Crippen LogP contribution in [0.15, 0.2) is 30.5 Å². The predicted octanol–water partition coefficient (Wildman–Crippen LogP) is 3.33. The van der Waals surface area contributed by atoms with Crippen molar-refractivity contribution in [1.82, 2.24) is 15.2 Å². The number of piperidine rings is 1. The van der Waals surface area contributed by atoms with E-state index < -0.39 is 0 Å². The third kappa shape index (κ3) is 4.63. The molecule has 1 aromatic heterocycles. The number of anilines is 2. The molecule has 0 spiro atoms. The van der Waals surface area contributed by atoms with Crippen molar-refractivity contribution in [3.63, 3.8) is 0 Å². The fourth-order valence-corrected chi connectivity index (χ4v) is 5.41. The summed E-state index contributed by atoms with van der Waals surface area (Å²) in [4.78, 5) is 9.04. The summed E-state index contributed by atoms with van der Waals surface area (Å²) in [6.45, 7) is 7.94. The number of methoxy groups -OCH3 is 1. The van der Waals surface area contributed by atoms with E-state index in [1.54, 1.807) is 6.20 Å². The summed E-state index contributed by atoms with van der Waals surface area (Å²) in [6, 6.07) is 10.6. The molecule has 2 saturated heterocycles. The van der Waals surface area contributed by atoms with Gasteiger partial charge in [0, 0.05) is 25.2 Å². The monoisotopic (exact) mass is 463 g/mol. The maximum atomic E-state index is 9.47. The summed E-state index contributed by atoms with van der Waals surface area (Å²) in [6.07, 6.45) is 5.49. The molecule has 3 aliphatic rings. The average molecular weight is 464 g/mol. The Bertz CT molecular complexity index is 1050. The molecule has 4 heterocycles. The van der Waals surface area contributed by atoms with Crippen molar-refractivity contribution in [2.45, 2.75) is 38.3 Å². The maximum Gasteiger partial charge on any atom is 0.231 e. The summed E-state index contributed by atoms with van der Waals surface area (Å²) in [7, 11) is 1.52. The number of nitriles is 1. The van der Waals surface area contributed by atoms with Crippen LogP contribution in [0.2, 0.25) is 0 Å². The quantitative estimate of drug-likeness (QED) is 0.699. The highest BCUT2D eigenvalue weighted by molar-refractivity contribution is 5.72. The molecule has 34 heavy (non-hydrogen) atoms. The number of ether oxygens (including phenoxy) is 3. The molecule has 2 fully saturated rings. The number of benzene rings is 1. The number of hydrogen-bond donors (Lipinski definition) is 1. The van der Waals surface area contributed by atoms with Gasteiger partial charge in [-0.2, -0.15) is 5.26 Å². The molecular weight excluding hydrogens is 430 g/mol. The molecule has 2 aromatic rings. The van der Waals surface area contributed by atoms with E-state index in [1.807, 2.05) is 24.3 Å². The number of rotatable bonds is 6. The number of nitrogens with one attached hydrogen (secondary N) is 1. The van der Waals surface area contributed by atoms with Crippen molar-refractivity contribution >= 4 is 11.4 Å². The second kappa shape index (κ2) is 10.1. The average Bonchev–Trinajstić information content (AvgIpc) is 3.36. The van der Waals surface area contributed by atoms with E-state index >= 15 is 0 Å². The van der Waals surface area contributed by atoms with Gasteiger partial charge in [0.1, 0.15) is 35.8 Å². The molecule has 1 aromatic carbocycles. The number of fused-ring (bicyclic) bond motifs is 1. The topological polar surface area (TPSA) is 82.9 Å². The number of likely N-dealkylation sites (tertiary alicyclic amines) is 1. The Kier molecular flexibility index (Phi) is 6.75. The molecule has 3 aliphatic heterocycles. The van der Waals surface area contributed by atoms with Crippen LogP contribution in [0, 0.1) is 17.2 Å². The van der Waals surface area contributed by atoms with E-state index in [4.69, 9.17) is 14.2 Å².